The predicted molar refractivity (Wildman–Crippen MR) is 177 cm³/mol. The summed E-state index contributed by atoms with van der Waals surface area (Å²) in [5.41, 5.74) is 6.58. The number of hydrogen-bond acceptors (Lipinski definition) is 3. The summed E-state index contributed by atoms with van der Waals surface area (Å²) in [6, 6.07) is 45.7. The second-order valence-electron chi connectivity index (χ2n) is 10.4. The van der Waals surface area contributed by atoms with Crippen LogP contribution in [-0.2, 0) is 0 Å². The largest absolute Gasteiger partial charge is 0.308 e. The zero-order valence-corrected chi connectivity index (χ0v) is 23.4. The lowest BCUT2D eigenvalue weighted by Gasteiger charge is -2.10. The molecule has 0 aliphatic heterocycles. The zero-order chi connectivity index (χ0) is 27.1. The van der Waals surface area contributed by atoms with Crippen LogP contribution in [-0.4, -0.2) is 4.57 Å². The van der Waals surface area contributed by atoms with E-state index in [0.29, 0.717) is 5.56 Å². The number of aromatic nitrogens is 1. The summed E-state index contributed by atoms with van der Waals surface area (Å²) in [5.74, 6) is 0. The van der Waals surface area contributed by atoms with Gasteiger partial charge in [-0.15, -0.1) is 22.7 Å². The molecule has 0 N–H and O–H groups in total. The molecule has 41 heavy (non-hydrogen) atoms. The molecule has 190 valence electrons. The van der Waals surface area contributed by atoms with E-state index >= 15 is 0 Å². The van der Waals surface area contributed by atoms with Crippen molar-refractivity contribution < 1.29 is 0 Å². The Morgan fingerprint density at radius 2 is 1.15 bits per heavy atom. The third-order valence-corrected chi connectivity index (χ3v) is 10.6. The van der Waals surface area contributed by atoms with Gasteiger partial charge in [-0.05, 0) is 53.6 Å². The highest BCUT2D eigenvalue weighted by atomic mass is 32.1. The van der Waals surface area contributed by atoms with Gasteiger partial charge in [0.05, 0.1) is 33.1 Å². The van der Waals surface area contributed by atoms with E-state index < -0.39 is 0 Å². The summed E-state index contributed by atoms with van der Waals surface area (Å²) >= 11 is 3.71. The molecule has 2 nitrogen and oxygen atoms in total. The molecule has 0 saturated carbocycles. The van der Waals surface area contributed by atoms with Gasteiger partial charge in [-0.25, -0.2) is 0 Å². The van der Waals surface area contributed by atoms with E-state index in [1.807, 2.05) is 34.8 Å². The SMILES string of the molecule is N#Cc1ccc2c3ccccc3n(-c3cccc4c3sc3cccc(-c5cccc6sc7ccccc7c56)c34)c2c1. The van der Waals surface area contributed by atoms with E-state index in [1.54, 1.807) is 0 Å². The van der Waals surface area contributed by atoms with Crippen molar-refractivity contribution in [3.05, 3.63) is 127 Å². The number of thiophene rings is 2. The van der Waals surface area contributed by atoms with Gasteiger partial charge in [-0.3, -0.25) is 0 Å². The number of para-hydroxylation sites is 1. The van der Waals surface area contributed by atoms with Crippen LogP contribution in [0.3, 0.4) is 0 Å². The maximum absolute atomic E-state index is 9.71. The lowest BCUT2D eigenvalue weighted by atomic mass is 9.95. The molecular weight excluding hydrogens is 537 g/mol. The van der Waals surface area contributed by atoms with E-state index in [2.05, 4.69) is 120 Å². The topological polar surface area (TPSA) is 28.7 Å². The number of nitriles is 1. The molecule has 6 aromatic carbocycles. The molecule has 0 aliphatic carbocycles. The monoisotopic (exact) mass is 556 g/mol. The summed E-state index contributed by atoms with van der Waals surface area (Å²) in [5, 5.41) is 17.3. The van der Waals surface area contributed by atoms with Crippen LogP contribution in [0.1, 0.15) is 5.56 Å². The predicted octanol–water partition coefficient (Wildman–Crippen LogP) is 11.1. The van der Waals surface area contributed by atoms with Crippen molar-refractivity contribution in [3.63, 3.8) is 0 Å². The minimum atomic E-state index is 0.670. The van der Waals surface area contributed by atoms with Gasteiger partial charge in [-0.2, -0.15) is 5.26 Å². The Kier molecular flexibility index (Phi) is 4.74. The Labute approximate surface area is 243 Å². The molecule has 9 aromatic rings. The first kappa shape index (κ1) is 22.8. The normalized spacial score (nSPS) is 11.9. The van der Waals surface area contributed by atoms with E-state index in [1.165, 1.54) is 56.9 Å². The van der Waals surface area contributed by atoms with Gasteiger partial charge in [0.1, 0.15) is 0 Å². The fraction of sp³-hybridized carbons (Fsp3) is 0. The molecule has 0 bridgehead atoms. The lowest BCUT2D eigenvalue weighted by molar-refractivity contribution is 1.20. The van der Waals surface area contributed by atoms with Crippen LogP contribution in [0.5, 0.6) is 0 Å². The summed E-state index contributed by atoms with van der Waals surface area (Å²) in [7, 11) is 0. The third-order valence-electron chi connectivity index (χ3n) is 8.24. The first-order valence-corrected chi connectivity index (χ1v) is 15.2. The third kappa shape index (κ3) is 3.16. The first-order chi connectivity index (χ1) is 20.3. The van der Waals surface area contributed by atoms with E-state index in [-0.39, 0.29) is 0 Å². The number of nitrogens with zero attached hydrogens (tertiary/aromatic N) is 2. The maximum atomic E-state index is 9.71. The molecule has 0 saturated heterocycles. The second kappa shape index (κ2) is 8.52. The number of hydrogen-bond donors (Lipinski definition) is 0. The van der Waals surface area contributed by atoms with Gasteiger partial charge in [-0.1, -0.05) is 78.9 Å². The fourth-order valence-electron chi connectivity index (χ4n) is 6.53. The molecule has 3 aromatic heterocycles. The first-order valence-electron chi connectivity index (χ1n) is 13.6. The van der Waals surface area contributed by atoms with Gasteiger partial charge in [0, 0.05) is 46.4 Å². The second-order valence-corrected chi connectivity index (χ2v) is 12.5. The maximum Gasteiger partial charge on any atom is 0.0992 e. The molecule has 0 radical (unpaired) electrons. The molecule has 0 spiro atoms. The Morgan fingerprint density at radius 3 is 1.98 bits per heavy atom. The Morgan fingerprint density at radius 1 is 0.512 bits per heavy atom. The summed E-state index contributed by atoms with van der Waals surface area (Å²) in [6.07, 6.45) is 0. The van der Waals surface area contributed by atoms with Crippen LogP contribution >= 0.6 is 22.7 Å². The molecule has 0 fully saturated rings. The quantitative estimate of drug-likeness (QED) is 0.208. The van der Waals surface area contributed by atoms with Crippen LogP contribution < -0.4 is 0 Å². The highest BCUT2D eigenvalue weighted by Crippen LogP contribution is 2.47. The van der Waals surface area contributed by atoms with E-state index in [4.69, 9.17) is 0 Å². The molecular formula is C37H20N2S2. The van der Waals surface area contributed by atoms with Gasteiger partial charge in [0.25, 0.3) is 0 Å². The van der Waals surface area contributed by atoms with Crippen molar-refractivity contribution in [2.24, 2.45) is 0 Å². The Hall–Kier alpha value is -4.95. The van der Waals surface area contributed by atoms with Crippen LogP contribution in [0, 0.1) is 11.3 Å². The van der Waals surface area contributed by atoms with Crippen molar-refractivity contribution in [3.8, 4) is 22.9 Å². The fourth-order valence-corrected chi connectivity index (χ4v) is 8.90. The molecule has 3 heterocycles. The van der Waals surface area contributed by atoms with E-state index in [0.717, 1.165) is 22.1 Å². The molecule has 0 unspecified atom stereocenters. The molecule has 0 aliphatic rings. The van der Waals surface area contributed by atoms with Crippen molar-refractivity contribution in [1.82, 2.24) is 4.57 Å². The number of benzene rings is 6. The van der Waals surface area contributed by atoms with Gasteiger partial charge < -0.3 is 4.57 Å². The standard InChI is InChI=1S/C37H20N2S2/c38-21-22-18-19-24-23-8-1-3-13-29(23)39(31(24)20-22)30-14-5-12-28-36-26(11-7-17-34(36)41-37(28)30)25-10-6-16-33-35(25)27-9-2-4-15-32(27)40-33/h1-20H. The smallest absolute Gasteiger partial charge is 0.0992 e. The van der Waals surface area contributed by atoms with Gasteiger partial charge in [0.15, 0.2) is 0 Å². The molecule has 4 heteroatoms. The van der Waals surface area contributed by atoms with Gasteiger partial charge >= 0.3 is 0 Å². The highest BCUT2D eigenvalue weighted by molar-refractivity contribution is 7.26. The van der Waals surface area contributed by atoms with E-state index in [9.17, 15) is 5.26 Å². The zero-order valence-electron chi connectivity index (χ0n) is 21.8. The van der Waals surface area contributed by atoms with Crippen molar-refractivity contribution in [2.45, 2.75) is 0 Å². The van der Waals surface area contributed by atoms with Crippen LogP contribution in [0.15, 0.2) is 121 Å². The average molecular weight is 557 g/mol. The Bertz CT molecular complexity index is 2550. The van der Waals surface area contributed by atoms with Crippen molar-refractivity contribution in [2.75, 3.05) is 0 Å². The summed E-state index contributed by atoms with van der Waals surface area (Å²) in [6.45, 7) is 0. The van der Waals surface area contributed by atoms with Crippen LogP contribution in [0.2, 0.25) is 0 Å². The van der Waals surface area contributed by atoms with Crippen LogP contribution in [0.4, 0.5) is 0 Å². The van der Waals surface area contributed by atoms with Gasteiger partial charge in [0.2, 0.25) is 0 Å². The number of fused-ring (bicyclic) bond motifs is 9. The molecule has 9 rings (SSSR count). The summed E-state index contributed by atoms with van der Waals surface area (Å²) in [4.78, 5) is 0. The van der Waals surface area contributed by atoms with Crippen LogP contribution in [0.25, 0.3) is 79.0 Å². The lowest BCUT2D eigenvalue weighted by Crippen LogP contribution is -1.94. The molecule has 0 atom stereocenters. The van der Waals surface area contributed by atoms with Crippen molar-refractivity contribution >= 4 is 84.8 Å². The molecule has 0 amide bonds. The minimum absolute atomic E-state index is 0.670. The minimum Gasteiger partial charge on any atom is -0.308 e. The Balaban J connectivity index is 1.39. The summed E-state index contributed by atoms with van der Waals surface area (Å²) < 4.78 is 7.51. The average Bonchev–Trinajstić information content (AvgIpc) is 3.70. The highest BCUT2D eigenvalue weighted by Gasteiger charge is 2.19. The number of rotatable bonds is 2. The van der Waals surface area contributed by atoms with Crippen molar-refractivity contribution in [1.29, 1.82) is 5.26 Å².